The molecular weight excluding hydrogens is 223 g/mol. The molecule has 0 aliphatic rings. The van der Waals surface area contributed by atoms with Gasteiger partial charge >= 0.3 is 13.8 Å². The molecule has 3 N–H and O–H groups in total. The Balaban J connectivity index is 0. The van der Waals surface area contributed by atoms with E-state index in [9.17, 15) is 4.79 Å². The molecule has 90 valence electrons. The normalized spacial score (nSPS) is 9.93. The van der Waals surface area contributed by atoms with Crippen LogP contribution in [0, 0.1) is 0 Å². The van der Waals surface area contributed by atoms with E-state index >= 15 is 0 Å². The predicted molar refractivity (Wildman–Crippen MR) is 54.9 cm³/mol. The monoisotopic (exact) mass is 240 g/mol. The number of esters is 1. The minimum atomic E-state index is -4.64. The van der Waals surface area contributed by atoms with E-state index in [4.69, 9.17) is 24.0 Å². The van der Waals surface area contributed by atoms with E-state index in [1.54, 1.807) is 6.92 Å². The van der Waals surface area contributed by atoms with Gasteiger partial charge in [0.15, 0.2) is 0 Å². The summed E-state index contributed by atoms with van der Waals surface area (Å²) in [7, 11) is -4.64. The van der Waals surface area contributed by atoms with Gasteiger partial charge in [-0.05, 0) is 13.3 Å². The third kappa shape index (κ3) is 24.7. The lowest BCUT2D eigenvalue weighted by Gasteiger charge is -2.01. The van der Waals surface area contributed by atoms with Gasteiger partial charge in [-0.1, -0.05) is 19.9 Å². The minimum Gasteiger partial charge on any atom is -0.462 e. The number of phosphoric acid groups is 1. The van der Waals surface area contributed by atoms with E-state index in [1.165, 1.54) is 0 Å². The van der Waals surface area contributed by atoms with Gasteiger partial charge in [0.1, 0.15) is 0 Å². The third-order valence-corrected chi connectivity index (χ3v) is 1.08. The number of hydrogen-bond donors (Lipinski definition) is 3. The molecule has 0 fully saturated rings. The first kappa shape index (κ1) is 16.7. The van der Waals surface area contributed by atoms with E-state index in [1.807, 2.05) is 0 Å². The molecule has 0 spiro atoms. The Kier molecular flexibility index (Phi) is 9.61. The zero-order valence-electron chi connectivity index (χ0n) is 8.84. The zero-order valence-corrected chi connectivity index (χ0v) is 9.74. The molecule has 0 aromatic carbocycles. The van der Waals surface area contributed by atoms with Crippen molar-refractivity contribution >= 4 is 13.8 Å². The first-order valence-corrected chi connectivity index (χ1v) is 5.86. The lowest BCUT2D eigenvalue weighted by Crippen LogP contribution is -2.05. The lowest BCUT2D eigenvalue weighted by atomic mass is 10.3. The van der Waals surface area contributed by atoms with Crippen LogP contribution >= 0.6 is 7.82 Å². The number of ether oxygens (including phenoxy) is 1. The number of rotatable bonds is 4. The maximum absolute atomic E-state index is 10.7. The smallest absolute Gasteiger partial charge is 0.462 e. The molecule has 7 heteroatoms. The fourth-order valence-electron chi connectivity index (χ4n) is 0.432. The second kappa shape index (κ2) is 8.61. The molecule has 0 radical (unpaired) electrons. The van der Waals surface area contributed by atoms with Crippen molar-refractivity contribution in [2.75, 3.05) is 6.61 Å². The lowest BCUT2D eigenvalue weighted by molar-refractivity contribution is -0.139. The van der Waals surface area contributed by atoms with Crippen LogP contribution in [0.5, 0.6) is 0 Å². The molecule has 0 aromatic heterocycles. The first-order valence-electron chi connectivity index (χ1n) is 4.29. The molecule has 0 saturated carbocycles. The third-order valence-electron chi connectivity index (χ3n) is 1.08. The maximum Gasteiger partial charge on any atom is 0.466 e. The molecule has 6 nitrogen and oxygen atoms in total. The van der Waals surface area contributed by atoms with Crippen LogP contribution in [0.25, 0.3) is 0 Å². The molecule has 0 saturated heterocycles. The highest BCUT2D eigenvalue weighted by Crippen LogP contribution is 2.25. The average Bonchev–Trinajstić information content (AvgIpc) is 2.01. The highest BCUT2D eigenvalue weighted by molar-refractivity contribution is 7.45. The summed E-state index contributed by atoms with van der Waals surface area (Å²) in [6.07, 6.45) is 1.97. The van der Waals surface area contributed by atoms with E-state index in [2.05, 4.69) is 13.5 Å². The van der Waals surface area contributed by atoms with Crippen LogP contribution in [-0.2, 0) is 14.1 Å². The van der Waals surface area contributed by atoms with Gasteiger partial charge in [0.2, 0.25) is 0 Å². The van der Waals surface area contributed by atoms with Gasteiger partial charge in [-0.25, -0.2) is 9.36 Å². The quantitative estimate of drug-likeness (QED) is 0.293. The van der Waals surface area contributed by atoms with Crippen LogP contribution in [0.3, 0.4) is 0 Å². The Labute approximate surface area is 88.8 Å². The first-order chi connectivity index (χ1) is 6.68. The highest BCUT2D eigenvalue weighted by atomic mass is 31.2. The van der Waals surface area contributed by atoms with E-state index in [-0.39, 0.29) is 5.97 Å². The van der Waals surface area contributed by atoms with Gasteiger partial charge in [0, 0.05) is 5.57 Å². The van der Waals surface area contributed by atoms with Gasteiger partial charge in [-0.3, -0.25) is 0 Å². The maximum atomic E-state index is 10.7. The molecule has 0 heterocycles. The SMILES string of the molecule is C=C(C)C(=O)OCCCC.O=P(O)(O)O. The standard InChI is InChI=1S/C8H14O2.H3O4P/c1-4-5-6-10-8(9)7(2)3;1-5(2,3)4/h2,4-6H2,1,3H3;(H3,1,2,3,4). The summed E-state index contributed by atoms with van der Waals surface area (Å²) < 4.78 is 13.7. The van der Waals surface area contributed by atoms with Crippen molar-refractivity contribution < 1.29 is 28.8 Å². The molecular formula is C8H17O6P. The molecule has 0 aromatic rings. The summed E-state index contributed by atoms with van der Waals surface area (Å²) in [6.45, 7) is 7.67. The van der Waals surface area contributed by atoms with Crippen molar-refractivity contribution in [2.24, 2.45) is 0 Å². The summed E-state index contributed by atoms with van der Waals surface area (Å²) >= 11 is 0. The Morgan fingerprint density at radius 1 is 1.40 bits per heavy atom. The Morgan fingerprint density at radius 2 is 1.80 bits per heavy atom. The number of hydrogen-bond acceptors (Lipinski definition) is 3. The zero-order chi connectivity index (χ0) is 12.5. The van der Waals surface area contributed by atoms with Gasteiger partial charge in [0.25, 0.3) is 0 Å². The average molecular weight is 240 g/mol. The molecule has 0 unspecified atom stereocenters. The summed E-state index contributed by atoms with van der Waals surface area (Å²) in [5.41, 5.74) is 0.469. The molecule has 0 rings (SSSR count). The Bertz CT molecular complexity index is 235. The topological polar surface area (TPSA) is 104 Å². The number of carbonyl (C=O) groups excluding carboxylic acids is 1. The van der Waals surface area contributed by atoms with Crippen LogP contribution in [-0.4, -0.2) is 27.3 Å². The second-order valence-corrected chi connectivity index (χ2v) is 3.81. The number of carbonyl (C=O) groups is 1. The second-order valence-electron chi connectivity index (χ2n) is 2.78. The molecule has 0 bridgehead atoms. The highest BCUT2D eigenvalue weighted by Gasteiger charge is 2.00. The van der Waals surface area contributed by atoms with Crippen LogP contribution in [0.1, 0.15) is 26.7 Å². The summed E-state index contributed by atoms with van der Waals surface area (Å²) in [4.78, 5) is 32.3. The molecule has 0 aliphatic carbocycles. The molecule has 0 aliphatic heterocycles. The van der Waals surface area contributed by atoms with E-state index in [0.29, 0.717) is 12.2 Å². The van der Waals surface area contributed by atoms with Crippen molar-refractivity contribution in [3.8, 4) is 0 Å². The van der Waals surface area contributed by atoms with Gasteiger partial charge < -0.3 is 19.4 Å². The predicted octanol–water partition coefficient (Wildman–Crippen LogP) is 0.977. The van der Waals surface area contributed by atoms with E-state index < -0.39 is 7.82 Å². The summed E-state index contributed by atoms with van der Waals surface area (Å²) in [5.74, 6) is -0.284. The van der Waals surface area contributed by atoms with Gasteiger partial charge in [0.05, 0.1) is 6.61 Å². The van der Waals surface area contributed by atoms with Crippen LogP contribution in [0.15, 0.2) is 12.2 Å². The molecule has 0 amide bonds. The summed E-state index contributed by atoms with van der Waals surface area (Å²) in [6, 6.07) is 0. The van der Waals surface area contributed by atoms with Crippen molar-refractivity contribution in [2.45, 2.75) is 26.7 Å². The van der Waals surface area contributed by atoms with E-state index in [0.717, 1.165) is 12.8 Å². The van der Waals surface area contributed by atoms with Crippen LogP contribution < -0.4 is 0 Å². The summed E-state index contributed by atoms with van der Waals surface area (Å²) in [5, 5.41) is 0. The van der Waals surface area contributed by atoms with Gasteiger partial charge in [-0.15, -0.1) is 0 Å². The van der Waals surface area contributed by atoms with Crippen molar-refractivity contribution in [1.82, 2.24) is 0 Å². The molecule has 15 heavy (non-hydrogen) atoms. The van der Waals surface area contributed by atoms with Crippen molar-refractivity contribution in [3.05, 3.63) is 12.2 Å². The van der Waals surface area contributed by atoms with Gasteiger partial charge in [-0.2, -0.15) is 0 Å². The minimum absolute atomic E-state index is 0.284. The molecule has 0 atom stereocenters. The van der Waals surface area contributed by atoms with Crippen LogP contribution in [0.4, 0.5) is 0 Å². The van der Waals surface area contributed by atoms with Crippen molar-refractivity contribution in [3.63, 3.8) is 0 Å². The Morgan fingerprint density at radius 3 is 2.07 bits per heavy atom. The number of unbranched alkanes of at least 4 members (excludes halogenated alkanes) is 1. The fraction of sp³-hybridized carbons (Fsp3) is 0.625. The Hall–Kier alpha value is -0.680. The van der Waals surface area contributed by atoms with Crippen molar-refractivity contribution in [1.29, 1.82) is 0 Å². The van der Waals surface area contributed by atoms with Crippen LogP contribution in [0.2, 0.25) is 0 Å². The fourth-order valence-corrected chi connectivity index (χ4v) is 0.432. The largest absolute Gasteiger partial charge is 0.466 e.